The molecular weight excluding hydrogens is 385 g/mol. The molecule has 0 aliphatic carbocycles. The highest BCUT2D eigenvalue weighted by Gasteiger charge is 2.23. The number of piperazine rings is 1. The molecular formula is C20H27Cl2N3O2. The maximum absolute atomic E-state index is 12.6. The Morgan fingerprint density at radius 1 is 1.00 bits per heavy atom. The van der Waals surface area contributed by atoms with E-state index in [0.29, 0.717) is 17.9 Å². The van der Waals surface area contributed by atoms with Gasteiger partial charge in [0.05, 0.1) is 12.2 Å². The van der Waals surface area contributed by atoms with Crippen LogP contribution in [-0.2, 0) is 6.54 Å². The predicted octanol–water partition coefficient (Wildman–Crippen LogP) is 3.47. The third-order valence-corrected chi connectivity index (χ3v) is 4.49. The normalized spacial score (nSPS) is 14.0. The molecule has 5 nitrogen and oxygen atoms in total. The van der Waals surface area contributed by atoms with Gasteiger partial charge in [-0.3, -0.25) is 9.69 Å². The van der Waals surface area contributed by atoms with Crippen molar-refractivity contribution < 1.29 is 9.53 Å². The molecule has 7 heteroatoms. The minimum absolute atomic E-state index is 0. The van der Waals surface area contributed by atoms with Crippen LogP contribution in [0.3, 0.4) is 0 Å². The first kappa shape index (κ1) is 23.1. The zero-order valence-corrected chi connectivity index (χ0v) is 17.1. The van der Waals surface area contributed by atoms with Crippen LogP contribution in [0.2, 0.25) is 0 Å². The fraction of sp³-hybridized carbons (Fsp3) is 0.350. The van der Waals surface area contributed by atoms with E-state index in [-0.39, 0.29) is 30.7 Å². The molecule has 1 saturated heterocycles. The number of nitrogens with two attached hydrogens (primary N) is 1. The Labute approximate surface area is 173 Å². The molecule has 148 valence electrons. The van der Waals surface area contributed by atoms with Crippen molar-refractivity contribution in [3.05, 3.63) is 59.7 Å². The van der Waals surface area contributed by atoms with Crippen molar-refractivity contribution in [1.82, 2.24) is 9.80 Å². The lowest BCUT2D eigenvalue weighted by atomic mass is 10.1. The van der Waals surface area contributed by atoms with Crippen LogP contribution >= 0.6 is 24.8 Å². The van der Waals surface area contributed by atoms with E-state index in [1.54, 1.807) is 12.1 Å². The number of nitrogen functional groups attached to an aromatic ring is 1. The molecule has 2 aromatic rings. The number of carbonyl (C=O) groups is 1. The maximum Gasteiger partial charge on any atom is 0.256 e. The molecule has 1 heterocycles. The van der Waals surface area contributed by atoms with Gasteiger partial charge in [-0.1, -0.05) is 24.3 Å². The first-order valence-corrected chi connectivity index (χ1v) is 8.75. The molecule has 0 radical (unpaired) electrons. The Balaban J connectivity index is 0.00000182. The number of hydrogen-bond acceptors (Lipinski definition) is 4. The second-order valence-electron chi connectivity index (χ2n) is 6.23. The number of nitrogens with zero attached hydrogens (tertiary/aromatic N) is 2. The Morgan fingerprint density at radius 2 is 1.63 bits per heavy atom. The van der Waals surface area contributed by atoms with E-state index in [9.17, 15) is 4.79 Å². The maximum atomic E-state index is 12.6. The van der Waals surface area contributed by atoms with Crippen LogP contribution in [0.4, 0.5) is 5.69 Å². The smallest absolute Gasteiger partial charge is 0.256 e. The van der Waals surface area contributed by atoms with Crippen LogP contribution in [0, 0.1) is 0 Å². The zero-order chi connectivity index (χ0) is 17.6. The Kier molecular flexibility index (Phi) is 9.43. The van der Waals surface area contributed by atoms with Gasteiger partial charge >= 0.3 is 0 Å². The molecule has 2 N–H and O–H groups in total. The summed E-state index contributed by atoms with van der Waals surface area (Å²) in [6.45, 7) is 6.74. The standard InChI is InChI=1S/C20H25N3O2.2ClH/c1-2-25-17-9-7-16(8-10-17)15-22-11-13-23(14-12-22)20(24)18-5-3-4-6-19(18)21;;/h3-10H,2,11-15,21H2,1H3;2*1H. The van der Waals surface area contributed by atoms with E-state index < -0.39 is 0 Å². The molecule has 3 rings (SSSR count). The van der Waals surface area contributed by atoms with Crippen LogP contribution in [0.25, 0.3) is 0 Å². The van der Waals surface area contributed by atoms with Gasteiger partial charge in [-0.2, -0.15) is 0 Å². The number of halogens is 2. The van der Waals surface area contributed by atoms with E-state index in [4.69, 9.17) is 10.5 Å². The third-order valence-electron chi connectivity index (χ3n) is 4.49. The Bertz CT molecular complexity index is 717. The lowest BCUT2D eigenvalue weighted by Gasteiger charge is -2.35. The van der Waals surface area contributed by atoms with Gasteiger partial charge in [0.25, 0.3) is 5.91 Å². The summed E-state index contributed by atoms with van der Waals surface area (Å²) in [5.74, 6) is 0.931. The second-order valence-corrected chi connectivity index (χ2v) is 6.23. The number of hydrogen-bond donors (Lipinski definition) is 1. The van der Waals surface area contributed by atoms with Gasteiger partial charge in [-0.05, 0) is 36.8 Å². The van der Waals surface area contributed by atoms with Crippen molar-refractivity contribution in [1.29, 1.82) is 0 Å². The number of benzene rings is 2. The SMILES string of the molecule is CCOc1ccc(CN2CCN(C(=O)c3ccccc3N)CC2)cc1.Cl.Cl. The minimum Gasteiger partial charge on any atom is -0.494 e. The Morgan fingerprint density at radius 3 is 2.22 bits per heavy atom. The summed E-state index contributed by atoms with van der Waals surface area (Å²) in [5.41, 5.74) is 8.33. The molecule has 0 atom stereocenters. The van der Waals surface area contributed by atoms with Crippen LogP contribution in [0.5, 0.6) is 5.75 Å². The van der Waals surface area contributed by atoms with Crippen molar-refractivity contribution in [2.24, 2.45) is 0 Å². The van der Waals surface area contributed by atoms with E-state index >= 15 is 0 Å². The van der Waals surface area contributed by atoms with Crippen LogP contribution in [-0.4, -0.2) is 48.5 Å². The van der Waals surface area contributed by atoms with Crippen molar-refractivity contribution in [2.75, 3.05) is 38.5 Å². The summed E-state index contributed by atoms with van der Waals surface area (Å²) in [6.07, 6.45) is 0. The largest absolute Gasteiger partial charge is 0.494 e. The van der Waals surface area contributed by atoms with Gasteiger partial charge in [0.2, 0.25) is 0 Å². The minimum atomic E-state index is 0. The average molecular weight is 412 g/mol. The molecule has 2 aromatic carbocycles. The quantitative estimate of drug-likeness (QED) is 0.765. The number of carbonyl (C=O) groups excluding carboxylic acids is 1. The molecule has 0 unspecified atom stereocenters. The zero-order valence-electron chi connectivity index (χ0n) is 15.5. The van der Waals surface area contributed by atoms with Crippen molar-refractivity contribution in [3.8, 4) is 5.75 Å². The van der Waals surface area contributed by atoms with Crippen molar-refractivity contribution in [3.63, 3.8) is 0 Å². The number of anilines is 1. The van der Waals surface area contributed by atoms with E-state index in [2.05, 4.69) is 17.0 Å². The molecule has 27 heavy (non-hydrogen) atoms. The average Bonchev–Trinajstić information content (AvgIpc) is 2.64. The number of para-hydroxylation sites is 1. The summed E-state index contributed by atoms with van der Waals surface area (Å²) in [4.78, 5) is 16.9. The number of rotatable bonds is 5. The first-order valence-electron chi connectivity index (χ1n) is 8.75. The third kappa shape index (κ3) is 6.03. The van der Waals surface area contributed by atoms with Crippen molar-refractivity contribution in [2.45, 2.75) is 13.5 Å². The highest BCUT2D eigenvalue weighted by molar-refractivity contribution is 5.99. The van der Waals surface area contributed by atoms with Crippen LogP contribution in [0.1, 0.15) is 22.8 Å². The molecule has 0 bridgehead atoms. The van der Waals surface area contributed by atoms with Gasteiger partial charge < -0.3 is 15.4 Å². The second kappa shape index (κ2) is 11.0. The van der Waals surface area contributed by atoms with E-state index in [1.807, 2.05) is 36.1 Å². The number of amides is 1. The molecule has 0 spiro atoms. The first-order chi connectivity index (χ1) is 12.2. The van der Waals surface area contributed by atoms with E-state index in [0.717, 1.165) is 38.5 Å². The van der Waals surface area contributed by atoms with Gasteiger partial charge in [0, 0.05) is 38.4 Å². The van der Waals surface area contributed by atoms with Gasteiger partial charge in [-0.15, -0.1) is 24.8 Å². The lowest BCUT2D eigenvalue weighted by molar-refractivity contribution is 0.0629. The fourth-order valence-electron chi connectivity index (χ4n) is 3.09. The number of ether oxygens (including phenoxy) is 1. The highest BCUT2D eigenvalue weighted by Crippen LogP contribution is 2.17. The molecule has 1 aliphatic heterocycles. The monoisotopic (exact) mass is 411 g/mol. The van der Waals surface area contributed by atoms with Crippen molar-refractivity contribution >= 4 is 36.4 Å². The topological polar surface area (TPSA) is 58.8 Å². The molecule has 0 aromatic heterocycles. The summed E-state index contributed by atoms with van der Waals surface area (Å²) in [6, 6.07) is 15.5. The van der Waals surface area contributed by atoms with E-state index in [1.165, 1.54) is 5.56 Å². The predicted molar refractivity (Wildman–Crippen MR) is 114 cm³/mol. The fourth-order valence-corrected chi connectivity index (χ4v) is 3.09. The van der Waals surface area contributed by atoms with Crippen LogP contribution in [0.15, 0.2) is 48.5 Å². The molecule has 1 fully saturated rings. The molecule has 1 aliphatic rings. The summed E-state index contributed by atoms with van der Waals surface area (Å²) in [7, 11) is 0. The van der Waals surface area contributed by atoms with Crippen LogP contribution < -0.4 is 10.5 Å². The van der Waals surface area contributed by atoms with Gasteiger partial charge in [-0.25, -0.2) is 0 Å². The summed E-state index contributed by atoms with van der Waals surface area (Å²) >= 11 is 0. The molecule has 0 saturated carbocycles. The molecule has 1 amide bonds. The van der Waals surface area contributed by atoms with Gasteiger partial charge in [0.15, 0.2) is 0 Å². The summed E-state index contributed by atoms with van der Waals surface area (Å²) in [5, 5.41) is 0. The van der Waals surface area contributed by atoms with Gasteiger partial charge in [0.1, 0.15) is 5.75 Å². The Hall–Kier alpha value is -1.95. The lowest BCUT2D eigenvalue weighted by Crippen LogP contribution is -2.48. The highest BCUT2D eigenvalue weighted by atomic mass is 35.5. The summed E-state index contributed by atoms with van der Waals surface area (Å²) < 4.78 is 5.47.